The first kappa shape index (κ1) is 18.0. The fraction of sp³-hybridized carbons (Fsp3) is 0.176. The summed E-state index contributed by atoms with van der Waals surface area (Å²) in [7, 11) is 0. The van der Waals surface area contributed by atoms with Gasteiger partial charge < -0.3 is 9.64 Å². The van der Waals surface area contributed by atoms with E-state index in [0.29, 0.717) is 5.69 Å². The molecule has 138 valence electrons. The monoisotopic (exact) mass is 371 g/mol. The lowest BCUT2D eigenvalue weighted by atomic mass is 10.1. The molecule has 0 aromatic heterocycles. The van der Waals surface area contributed by atoms with Crippen molar-refractivity contribution in [2.45, 2.75) is 6.42 Å². The first-order chi connectivity index (χ1) is 12.8. The number of carbonyl (C=O) groups excluding carboxylic acids is 2. The summed E-state index contributed by atoms with van der Waals surface area (Å²) in [6, 6.07) is 10.5. The van der Waals surface area contributed by atoms with E-state index in [1.165, 1.54) is 53.4 Å². The summed E-state index contributed by atoms with van der Waals surface area (Å²) < 4.78 is 5.19. The molecule has 0 radical (unpaired) electrons. The first-order valence-corrected chi connectivity index (χ1v) is 7.86. The Kier molecular flexibility index (Phi) is 4.79. The van der Waals surface area contributed by atoms with Crippen LogP contribution in [0.1, 0.15) is 6.42 Å². The molecule has 0 spiro atoms. The first-order valence-electron chi connectivity index (χ1n) is 7.86. The predicted molar refractivity (Wildman–Crippen MR) is 92.3 cm³/mol. The maximum atomic E-state index is 12.3. The van der Waals surface area contributed by atoms with Crippen molar-refractivity contribution in [3.63, 3.8) is 0 Å². The standard InChI is InChI=1S/C17H13N3O7/c21-16-9-11(10-18(16)12-1-3-13(4-2-12)19(23)24)17(22)27-15-7-5-14(6-8-15)20(25)26/h1-8,11H,9-10H2/t11-/m1/s1. The molecule has 1 aliphatic heterocycles. The molecule has 27 heavy (non-hydrogen) atoms. The van der Waals surface area contributed by atoms with Gasteiger partial charge in [0.25, 0.3) is 11.4 Å². The minimum absolute atomic E-state index is 0.0528. The molecule has 0 saturated carbocycles. The van der Waals surface area contributed by atoms with Crippen molar-refractivity contribution in [3.05, 3.63) is 68.8 Å². The normalized spacial score (nSPS) is 16.2. The zero-order valence-corrected chi connectivity index (χ0v) is 13.8. The third-order valence-corrected chi connectivity index (χ3v) is 4.10. The summed E-state index contributed by atoms with van der Waals surface area (Å²) in [5.74, 6) is -1.48. The molecular formula is C17H13N3O7. The number of hydrogen-bond donors (Lipinski definition) is 0. The zero-order valence-electron chi connectivity index (χ0n) is 13.8. The average Bonchev–Trinajstić information content (AvgIpc) is 3.04. The van der Waals surface area contributed by atoms with Crippen molar-refractivity contribution in [2.24, 2.45) is 5.92 Å². The van der Waals surface area contributed by atoms with Gasteiger partial charge in [-0.3, -0.25) is 29.8 Å². The second-order valence-corrected chi connectivity index (χ2v) is 5.85. The van der Waals surface area contributed by atoms with E-state index in [9.17, 15) is 29.8 Å². The van der Waals surface area contributed by atoms with E-state index >= 15 is 0 Å². The van der Waals surface area contributed by atoms with Gasteiger partial charge in [0.15, 0.2) is 0 Å². The van der Waals surface area contributed by atoms with Gasteiger partial charge in [-0.25, -0.2) is 0 Å². The smallest absolute Gasteiger partial charge is 0.316 e. The highest BCUT2D eigenvalue weighted by Crippen LogP contribution is 2.28. The van der Waals surface area contributed by atoms with Crippen LogP contribution in [0.3, 0.4) is 0 Å². The molecule has 0 aliphatic carbocycles. The van der Waals surface area contributed by atoms with E-state index in [1.54, 1.807) is 0 Å². The van der Waals surface area contributed by atoms with Gasteiger partial charge in [-0.05, 0) is 24.3 Å². The molecule has 10 heteroatoms. The number of carbonyl (C=O) groups is 2. The number of rotatable bonds is 5. The molecule has 1 atom stereocenters. The van der Waals surface area contributed by atoms with Crippen LogP contribution in [0.5, 0.6) is 5.75 Å². The van der Waals surface area contributed by atoms with E-state index in [0.717, 1.165) is 0 Å². The quantitative estimate of drug-likeness (QED) is 0.341. The van der Waals surface area contributed by atoms with Crippen LogP contribution < -0.4 is 9.64 Å². The molecule has 2 aromatic rings. The second kappa shape index (κ2) is 7.20. The van der Waals surface area contributed by atoms with Crippen LogP contribution in [-0.4, -0.2) is 28.3 Å². The minimum atomic E-state index is -0.706. The van der Waals surface area contributed by atoms with Gasteiger partial charge in [0.2, 0.25) is 5.91 Å². The van der Waals surface area contributed by atoms with E-state index in [1.807, 2.05) is 0 Å². The van der Waals surface area contributed by atoms with Crippen LogP contribution in [0.4, 0.5) is 17.1 Å². The lowest BCUT2D eigenvalue weighted by Crippen LogP contribution is -2.27. The van der Waals surface area contributed by atoms with E-state index < -0.39 is 21.7 Å². The molecule has 1 amide bonds. The lowest BCUT2D eigenvalue weighted by Gasteiger charge is -2.16. The van der Waals surface area contributed by atoms with Crippen molar-refractivity contribution in [3.8, 4) is 5.75 Å². The van der Waals surface area contributed by atoms with Crippen LogP contribution in [-0.2, 0) is 9.59 Å². The largest absolute Gasteiger partial charge is 0.426 e. The third-order valence-electron chi connectivity index (χ3n) is 4.10. The van der Waals surface area contributed by atoms with Gasteiger partial charge in [-0.1, -0.05) is 0 Å². The molecule has 1 heterocycles. The van der Waals surface area contributed by atoms with Crippen LogP contribution in [0.25, 0.3) is 0 Å². The number of amides is 1. The Hall–Kier alpha value is -3.82. The number of ether oxygens (including phenoxy) is 1. The average molecular weight is 371 g/mol. The van der Waals surface area contributed by atoms with Crippen molar-refractivity contribution in [2.75, 3.05) is 11.4 Å². The van der Waals surface area contributed by atoms with Gasteiger partial charge >= 0.3 is 5.97 Å². The van der Waals surface area contributed by atoms with E-state index in [-0.39, 0.29) is 36.0 Å². The topological polar surface area (TPSA) is 133 Å². The van der Waals surface area contributed by atoms with Crippen LogP contribution in [0.2, 0.25) is 0 Å². The molecule has 3 rings (SSSR count). The molecule has 0 N–H and O–H groups in total. The molecular weight excluding hydrogens is 358 g/mol. The summed E-state index contributed by atoms with van der Waals surface area (Å²) in [4.78, 5) is 46.0. The molecule has 0 bridgehead atoms. The SMILES string of the molecule is O=C(Oc1ccc([N+](=O)[O-])cc1)[C@@H]1CC(=O)N(c2ccc([N+](=O)[O-])cc2)C1. The van der Waals surface area contributed by atoms with Crippen LogP contribution in [0, 0.1) is 26.1 Å². The Bertz CT molecular complexity index is 909. The summed E-state index contributed by atoms with van der Waals surface area (Å²) >= 11 is 0. The number of hydrogen-bond acceptors (Lipinski definition) is 7. The van der Waals surface area contributed by atoms with Gasteiger partial charge in [0.05, 0.1) is 15.8 Å². The number of esters is 1. The van der Waals surface area contributed by atoms with Gasteiger partial charge in [0, 0.05) is 42.9 Å². The molecule has 10 nitrogen and oxygen atoms in total. The van der Waals surface area contributed by atoms with Crippen molar-refractivity contribution >= 4 is 28.9 Å². The minimum Gasteiger partial charge on any atom is -0.426 e. The Balaban J connectivity index is 1.66. The Morgan fingerprint density at radius 3 is 2.00 bits per heavy atom. The van der Waals surface area contributed by atoms with Gasteiger partial charge in [-0.2, -0.15) is 0 Å². The highest BCUT2D eigenvalue weighted by atomic mass is 16.6. The summed E-state index contributed by atoms with van der Waals surface area (Å²) in [5.41, 5.74) is 0.228. The fourth-order valence-electron chi connectivity index (χ4n) is 2.70. The Labute approximate surface area is 152 Å². The van der Waals surface area contributed by atoms with Crippen molar-refractivity contribution in [1.29, 1.82) is 0 Å². The second-order valence-electron chi connectivity index (χ2n) is 5.85. The lowest BCUT2D eigenvalue weighted by molar-refractivity contribution is -0.385. The summed E-state index contributed by atoms with van der Waals surface area (Å²) in [6.07, 6.45) is -0.0528. The summed E-state index contributed by atoms with van der Waals surface area (Å²) in [5, 5.41) is 21.3. The third kappa shape index (κ3) is 3.89. The molecule has 0 unspecified atom stereocenters. The summed E-state index contributed by atoms with van der Waals surface area (Å²) in [6.45, 7) is 0.0858. The van der Waals surface area contributed by atoms with Gasteiger partial charge in [-0.15, -0.1) is 0 Å². The van der Waals surface area contributed by atoms with Gasteiger partial charge in [0.1, 0.15) is 5.75 Å². The maximum Gasteiger partial charge on any atom is 0.316 e. The zero-order chi connectivity index (χ0) is 19.6. The van der Waals surface area contributed by atoms with Crippen molar-refractivity contribution in [1.82, 2.24) is 0 Å². The molecule has 2 aromatic carbocycles. The number of non-ortho nitro benzene ring substituents is 2. The molecule has 1 fully saturated rings. The Morgan fingerprint density at radius 2 is 1.48 bits per heavy atom. The molecule has 1 aliphatic rings. The van der Waals surface area contributed by atoms with Crippen LogP contribution in [0.15, 0.2) is 48.5 Å². The van der Waals surface area contributed by atoms with Crippen LogP contribution >= 0.6 is 0 Å². The number of nitrogens with zero attached hydrogens (tertiary/aromatic N) is 3. The Morgan fingerprint density at radius 1 is 0.963 bits per heavy atom. The van der Waals surface area contributed by atoms with E-state index in [4.69, 9.17) is 4.74 Å². The fourth-order valence-corrected chi connectivity index (χ4v) is 2.70. The predicted octanol–water partition coefficient (Wildman–Crippen LogP) is 2.46. The van der Waals surface area contributed by atoms with Crippen molar-refractivity contribution < 1.29 is 24.2 Å². The number of nitro benzene ring substituents is 2. The number of benzene rings is 2. The maximum absolute atomic E-state index is 12.3. The number of anilines is 1. The highest BCUT2D eigenvalue weighted by Gasteiger charge is 2.36. The number of nitro groups is 2. The molecule has 1 saturated heterocycles. The van der Waals surface area contributed by atoms with E-state index in [2.05, 4.69) is 0 Å². The highest BCUT2D eigenvalue weighted by molar-refractivity contribution is 5.99.